The average Bonchev–Trinajstić information content (AvgIpc) is 2.55. The van der Waals surface area contributed by atoms with E-state index < -0.39 is 0 Å². The Labute approximate surface area is 155 Å². The summed E-state index contributed by atoms with van der Waals surface area (Å²) in [6.07, 6.45) is 3.34. The number of aryl methyl sites for hydroxylation is 1. The molecule has 0 spiro atoms. The molecule has 2 rings (SSSR count). The van der Waals surface area contributed by atoms with Crippen LogP contribution in [-0.2, 0) is 9.59 Å². The Balaban J connectivity index is 0.00000264. The number of hydrogen-bond donors (Lipinski definition) is 2. The minimum atomic E-state index is -0.194. The van der Waals surface area contributed by atoms with E-state index in [9.17, 15) is 9.59 Å². The van der Waals surface area contributed by atoms with E-state index in [2.05, 4.69) is 10.3 Å². The molecule has 1 saturated heterocycles. The predicted molar refractivity (Wildman–Crippen MR) is 99.6 cm³/mol. The van der Waals surface area contributed by atoms with Gasteiger partial charge in [0, 0.05) is 31.7 Å². The van der Waals surface area contributed by atoms with Crippen LogP contribution in [0.5, 0.6) is 0 Å². The van der Waals surface area contributed by atoms with Crippen molar-refractivity contribution < 1.29 is 9.59 Å². The Morgan fingerprint density at radius 1 is 1.42 bits per heavy atom. The van der Waals surface area contributed by atoms with Crippen molar-refractivity contribution in [2.45, 2.75) is 26.7 Å². The second kappa shape index (κ2) is 10.5. The molecule has 6 nitrogen and oxygen atoms in total. The van der Waals surface area contributed by atoms with E-state index in [1.807, 2.05) is 19.9 Å². The Morgan fingerprint density at radius 3 is 2.71 bits per heavy atom. The first-order valence-electron chi connectivity index (χ1n) is 7.73. The Morgan fingerprint density at radius 2 is 2.12 bits per heavy atom. The summed E-state index contributed by atoms with van der Waals surface area (Å²) in [5.74, 6) is 0.128. The molecule has 1 aromatic heterocycles. The predicted octanol–water partition coefficient (Wildman–Crippen LogP) is 2.01. The van der Waals surface area contributed by atoms with Crippen LogP contribution in [0.25, 0.3) is 0 Å². The number of hydrogen-bond acceptors (Lipinski definition) is 4. The number of aromatic nitrogens is 1. The van der Waals surface area contributed by atoms with Gasteiger partial charge in [-0.15, -0.1) is 24.8 Å². The lowest BCUT2D eigenvalue weighted by atomic mass is 9.96. The number of pyridine rings is 1. The maximum Gasteiger partial charge on any atom is 0.230 e. The molecular weight excluding hydrogens is 351 g/mol. The smallest absolute Gasteiger partial charge is 0.230 e. The molecule has 8 heteroatoms. The molecule has 136 valence electrons. The summed E-state index contributed by atoms with van der Waals surface area (Å²) in [6.45, 7) is 5.26. The maximum absolute atomic E-state index is 12.3. The fourth-order valence-electron chi connectivity index (χ4n) is 2.57. The van der Waals surface area contributed by atoms with E-state index in [0.29, 0.717) is 25.5 Å². The summed E-state index contributed by atoms with van der Waals surface area (Å²) < 4.78 is 0. The molecule has 0 aromatic carbocycles. The summed E-state index contributed by atoms with van der Waals surface area (Å²) in [4.78, 5) is 30.5. The van der Waals surface area contributed by atoms with E-state index in [-0.39, 0.29) is 48.5 Å². The second-order valence-electron chi connectivity index (χ2n) is 5.97. The molecule has 1 aliphatic rings. The van der Waals surface area contributed by atoms with Gasteiger partial charge in [0.25, 0.3) is 0 Å². The summed E-state index contributed by atoms with van der Waals surface area (Å²) in [6, 6.07) is 3.69. The highest BCUT2D eigenvalue weighted by Crippen LogP contribution is 2.20. The molecule has 2 unspecified atom stereocenters. The van der Waals surface area contributed by atoms with E-state index >= 15 is 0 Å². The molecule has 0 bridgehead atoms. The number of likely N-dealkylation sites (tertiary alicyclic amines) is 1. The highest BCUT2D eigenvalue weighted by Gasteiger charge is 2.30. The van der Waals surface area contributed by atoms with Crippen LogP contribution in [-0.4, -0.2) is 41.3 Å². The van der Waals surface area contributed by atoms with Crippen molar-refractivity contribution in [1.29, 1.82) is 0 Å². The molecule has 2 heterocycles. The van der Waals surface area contributed by atoms with Gasteiger partial charge in [0.2, 0.25) is 11.8 Å². The molecule has 3 N–H and O–H groups in total. The van der Waals surface area contributed by atoms with Gasteiger partial charge in [-0.1, -0.05) is 13.0 Å². The molecule has 0 radical (unpaired) electrons. The largest absolute Gasteiger partial charge is 0.342 e. The lowest BCUT2D eigenvalue weighted by Crippen LogP contribution is -2.46. The lowest BCUT2D eigenvalue weighted by molar-refractivity contribution is -0.137. The normalized spacial score (nSPS) is 18.0. The number of rotatable bonds is 4. The summed E-state index contributed by atoms with van der Waals surface area (Å²) >= 11 is 0. The first-order valence-corrected chi connectivity index (χ1v) is 7.73. The first kappa shape index (κ1) is 22.6. The van der Waals surface area contributed by atoms with Crippen molar-refractivity contribution in [3.63, 3.8) is 0 Å². The van der Waals surface area contributed by atoms with Gasteiger partial charge in [0.05, 0.1) is 5.92 Å². The summed E-state index contributed by atoms with van der Waals surface area (Å²) in [5.41, 5.74) is 6.60. The van der Waals surface area contributed by atoms with Crippen molar-refractivity contribution in [2.75, 3.05) is 25.0 Å². The van der Waals surface area contributed by atoms with Gasteiger partial charge in [-0.2, -0.15) is 0 Å². The summed E-state index contributed by atoms with van der Waals surface area (Å²) in [5, 5.41) is 2.83. The van der Waals surface area contributed by atoms with Gasteiger partial charge in [0.1, 0.15) is 5.82 Å². The van der Waals surface area contributed by atoms with Gasteiger partial charge in [0.15, 0.2) is 0 Å². The molecule has 1 aromatic rings. The van der Waals surface area contributed by atoms with Gasteiger partial charge in [-0.05, 0) is 31.4 Å². The Bertz CT molecular complexity index is 539. The van der Waals surface area contributed by atoms with Crippen molar-refractivity contribution in [3.8, 4) is 0 Å². The van der Waals surface area contributed by atoms with Crippen molar-refractivity contribution in [3.05, 3.63) is 23.9 Å². The molecular formula is C16H26Cl2N4O2. The number of amides is 2. The van der Waals surface area contributed by atoms with Crippen molar-refractivity contribution in [2.24, 2.45) is 17.6 Å². The molecule has 2 amide bonds. The zero-order chi connectivity index (χ0) is 16.1. The molecule has 0 aliphatic carbocycles. The highest BCUT2D eigenvalue weighted by molar-refractivity contribution is 5.92. The number of carbonyl (C=O) groups excluding carboxylic acids is 2. The van der Waals surface area contributed by atoms with Crippen LogP contribution in [0.1, 0.15) is 25.3 Å². The quantitative estimate of drug-likeness (QED) is 0.840. The Kier molecular flexibility index (Phi) is 9.89. The average molecular weight is 377 g/mol. The standard InChI is InChI=1S/C16H24N4O2.2ClH/c1-11-5-6-14(18-9-11)19-15(21)13-4-3-7-20(10-13)16(22)12(2)8-17;;/h5-6,9,12-13H,3-4,7-8,10,17H2,1-2H3,(H,18,19,21);2*1H. The molecule has 1 fully saturated rings. The van der Waals surface area contributed by atoms with Crippen LogP contribution in [0.3, 0.4) is 0 Å². The third kappa shape index (κ3) is 5.92. The van der Waals surface area contributed by atoms with E-state index in [1.165, 1.54) is 0 Å². The maximum atomic E-state index is 12.3. The fraction of sp³-hybridized carbons (Fsp3) is 0.562. The minimum Gasteiger partial charge on any atom is -0.342 e. The third-order valence-corrected chi connectivity index (χ3v) is 4.04. The Hall–Kier alpha value is -1.37. The number of halogens is 2. The van der Waals surface area contributed by atoms with Crippen molar-refractivity contribution in [1.82, 2.24) is 9.88 Å². The third-order valence-electron chi connectivity index (χ3n) is 4.04. The molecule has 1 aliphatic heterocycles. The van der Waals surface area contributed by atoms with E-state index in [1.54, 1.807) is 17.2 Å². The van der Waals surface area contributed by atoms with Crippen LogP contribution in [0.2, 0.25) is 0 Å². The van der Waals surface area contributed by atoms with Crippen LogP contribution < -0.4 is 11.1 Å². The van der Waals surface area contributed by atoms with Gasteiger partial charge in [-0.25, -0.2) is 4.98 Å². The number of piperidine rings is 1. The number of carbonyl (C=O) groups is 2. The summed E-state index contributed by atoms with van der Waals surface area (Å²) in [7, 11) is 0. The number of anilines is 1. The zero-order valence-electron chi connectivity index (χ0n) is 14.0. The SMILES string of the molecule is Cc1ccc(NC(=O)C2CCCN(C(=O)C(C)CN)C2)nc1.Cl.Cl. The minimum absolute atomic E-state index is 0. The fourth-order valence-corrected chi connectivity index (χ4v) is 2.57. The molecule has 2 atom stereocenters. The van der Waals surface area contributed by atoms with Crippen molar-refractivity contribution >= 4 is 42.4 Å². The number of nitrogens with two attached hydrogens (primary N) is 1. The van der Waals surface area contributed by atoms with E-state index in [4.69, 9.17) is 5.73 Å². The van der Waals surface area contributed by atoms with Gasteiger partial charge in [-0.3, -0.25) is 9.59 Å². The molecule has 24 heavy (non-hydrogen) atoms. The zero-order valence-corrected chi connectivity index (χ0v) is 15.7. The topological polar surface area (TPSA) is 88.3 Å². The first-order chi connectivity index (χ1) is 10.5. The van der Waals surface area contributed by atoms with E-state index in [0.717, 1.165) is 18.4 Å². The number of nitrogens with zero attached hydrogens (tertiary/aromatic N) is 2. The van der Waals surface area contributed by atoms with Crippen LogP contribution in [0, 0.1) is 18.8 Å². The van der Waals surface area contributed by atoms with Crippen LogP contribution in [0.4, 0.5) is 5.82 Å². The van der Waals surface area contributed by atoms with Gasteiger partial charge < -0.3 is 16.0 Å². The van der Waals surface area contributed by atoms with Crippen LogP contribution in [0.15, 0.2) is 18.3 Å². The molecule has 0 saturated carbocycles. The van der Waals surface area contributed by atoms with Crippen LogP contribution >= 0.6 is 24.8 Å². The number of nitrogens with one attached hydrogen (secondary N) is 1. The highest BCUT2D eigenvalue weighted by atomic mass is 35.5. The second-order valence-corrected chi connectivity index (χ2v) is 5.97. The lowest BCUT2D eigenvalue weighted by Gasteiger charge is -2.33. The van der Waals surface area contributed by atoms with Gasteiger partial charge >= 0.3 is 0 Å². The monoisotopic (exact) mass is 376 g/mol.